The lowest BCUT2D eigenvalue weighted by molar-refractivity contribution is -0.139. The van der Waals surface area contributed by atoms with Crippen LogP contribution in [0.1, 0.15) is 18.4 Å². The summed E-state index contributed by atoms with van der Waals surface area (Å²) in [6.07, 6.45) is 1.35. The fourth-order valence-corrected chi connectivity index (χ4v) is 2.26. The minimum Gasteiger partial charge on any atom is -0.481 e. The van der Waals surface area contributed by atoms with E-state index in [-0.39, 0.29) is 19.3 Å². The maximum atomic E-state index is 11.7. The number of nitrogens with zero attached hydrogens (tertiary/aromatic N) is 1. The average molecular weight is 315 g/mol. The summed E-state index contributed by atoms with van der Waals surface area (Å²) in [6, 6.07) is 8.31. The van der Waals surface area contributed by atoms with Crippen LogP contribution in [0.15, 0.2) is 36.5 Å². The second-order valence-electron chi connectivity index (χ2n) is 5.11. The van der Waals surface area contributed by atoms with Gasteiger partial charge in [0.2, 0.25) is 11.8 Å². The highest BCUT2D eigenvalue weighted by Gasteiger charge is 2.20. The predicted molar refractivity (Wildman–Crippen MR) is 83.4 cm³/mol. The summed E-state index contributed by atoms with van der Waals surface area (Å²) in [6.45, 7) is 0. The van der Waals surface area contributed by atoms with Gasteiger partial charge in [0.05, 0.1) is 11.9 Å². The Morgan fingerprint density at radius 3 is 2.61 bits per heavy atom. The van der Waals surface area contributed by atoms with Crippen LogP contribution in [0, 0.1) is 0 Å². The third-order valence-electron chi connectivity index (χ3n) is 3.41. The van der Waals surface area contributed by atoms with E-state index in [0.717, 1.165) is 16.5 Å². The van der Waals surface area contributed by atoms with Gasteiger partial charge in [-0.05, 0) is 17.7 Å². The van der Waals surface area contributed by atoms with Crippen LogP contribution in [-0.2, 0) is 20.8 Å². The van der Waals surface area contributed by atoms with E-state index in [4.69, 9.17) is 10.8 Å². The summed E-state index contributed by atoms with van der Waals surface area (Å²) in [4.78, 5) is 38.0. The van der Waals surface area contributed by atoms with Gasteiger partial charge in [-0.1, -0.05) is 18.2 Å². The van der Waals surface area contributed by atoms with E-state index in [1.165, 1.54) is 0 Å². The van der Waals surface area contributed by atoms with Gasteiger partial charge in [-0.15, -0.1) is 0 Å². The lowest BCUT2D eigenvalue weighted by atomic mass is 10.0. The molecule has 0 unspecified atom stereocenters. The first kappa shape index (κ1) is 16.4. The molecule has 7 nitrogen and oxygen atoms in total. The van der Waals surface area contributed by atoms with Gasteiger partial charge in [0.25, 0.3) is 0 Å². The third-order valence-corrected chi connectivity index (χ3v) is 3.41. The smallest absolute Gasteiger partial charge is 0.303 e. The zero-order valence-corrected chi connectivity index (χ0v) is 12.4. The number of hydrogen-bond donors (Lipinski definition) is 3. The number of carboxylic acid groups (broad SMARTS) is 1. The van der Waals surface area contributed by atoms with Gasteiger partial charge in [0.15, 0.2) is 0 Å². The molecule has 0 spiro atoms. The SMILES string of the molecule is NC(=O)[C@H](Cc1ccnc2ccccc12)NC(=O)CCC(=O)O. The number of nitrogens with one attached hydrogen (secondary N) is 1. The van der Waals surface area contributed by atoms with Crippen molar-refractivity contribution in [2.45, 2.75) is 25.3 Å². The highest BCUT2D eigenvalue weighted by atomic mass is 16.4. The van der Waals surface area contributed by atoms with Crippen molar-refractivity contribution in [3.05, 3.63) is 42.1 Å². The number of hydrogen-bond acceptors (Lipinski definition) is 4. The van der Waals surface area contributed by atoms with Gasteiger partial charge in [0, 0.05) is 24.4 Å². The number of carbonyl (C=O) groups is 3. The molecule has 0 radical (unpaired) electrons. The van der Waals surface area contributed by atoms with Crippen molar-refractivity contribution in [3.8, 4) is 0 Å². The number of aliphatic carboxylic acids is 1. The van der Waals surface area contributed by atoms with Crippen molar-refractivity contribution in [2.75, 3.05) is 0 Å². The van der Waals surface area contributed by atoms with Crippen LogP contribution >= 0.6 is 0 Å². The van der Waals surface area contributed by atoms with Crippen molar-refractivity contribution < 1.29 is 19.5 Å². The summed E-state index contributed by atoms with van der Waals surface area (Å²) in [5, 5.41) is 11.9. The van der Waals surface area contributed by atoms with Gasteiger partial charge < -0.3 is 16.2 Å². The van der Waals surface area contributed by atoms with E-state index >= 15 is 0 Å². The van der Waals surface area contributed by atoms with Crippen LogP contribution < -0.4 is 11.1 Å². The Labute approximate surface area is 132 Å². The molecule has 0 aliphatic carbocycles. The standard InChI is InChI=1S/C16H17N3O4/c17-16(23)13(19-14(20)5-6-15(21)22)9-10-7-8-18-12-4-2-1-3-11(10)12/h1-4,7-8,13H,5-6,9H2,(H2,17,23)(H,19,20)(H,21,22)/t13-/m0/s1. The van der Waals surface area contributed by atoms with Crippen molar-refractivity contribution in [3.63, 3.8) is 0 Å². The highest BCUT2D eigenvalue weighted by Crippen LogP contribution is 2.17. The Morgan fingerprint density at radius 1 is 1.17 bits per heavy atom. The van der Waals surface area contributed by atoms with Gasteiger partial charge >= 0.3 is 5.97 Å². The molecule has 7 heteroatoms. The van der Waals surface area contributed by atoms with Gasteiger partial charge in [-0.2, -0.15) is 0 Å². The Balaban J connectivity index is 2.14. The highest BCUT2D eigenvalue weighted by molar-refractivity contribution is 5.89. The zero-order valence-electron chi connectivity index (χ0n) is 12.4. The maximum Gasteiger partial charge on any atom is 0.303 e. The van der Waals surface area contributed by atoms with Crippen LogP contribution in [0.2, 0.25) is 0 Å². The number of nitrogens with two attached hydrogens (primary N) is 1. The molecule has 23 heavy (non-hydrogen) atoms. The summed E-state index contributed by atoms with van der Waals surface area (Å²) < 4.78 is 0. The van der Waals surface area contributed by atoms with E-state index in [0.29, 0.717) is 0 Å². The van der Waals surface area contributed by atoms with E-state index in [9.17, 15) is 14.4 Å². The first-order valence-electron chi connectivity index (χ1n) is 7.10. The number of rotatable bonds is 7. The minimum atomic E-state index is -1.07. The molecule has 0 saturated carbocycles. The van der Waals surface area contributed by atoms with Crippen molar-refractivity contribution in [1.82, 2.24) is 10.3 Å². The molecule has 2 rings (SSSR count). The van der Waals surface area contributed by atoms with Crippen LogP contribution in [0.4, 0.5) is 0 Å². The number of aromatic nitrogens is 1. The van der Waals surface area contributed by atoms with Crippen LogP contribution in [0.3, 0.4) is 0 Å². The molecule has 4 N–H and O–H groups in total. The number of fused-ring (bicyclic) bond motifs is 1. The molecular weight excluding hydrogens is 298 g/mol. The summed E-state index contributed by atoms with van der Waals surface area (Å²) in [7, 11) is 0. The molecule has 0 aliphatic heterocycles. The van der Waals surface area contributed by atoms with E-state index in [1.54, 1.807) is 12.3 Å². The fourth-order valence-electron chi connectivity index (χ4n) is 2.26. The topological polar surface area (TPSA) is 122 Å². The molecule has 0 saturated heterocycles. The quantitative estimate of drug-likeness (QED) is 0.691. The van der Waals surface area contributed by atoms with Crippen molar-refractivity contribution in [1.29, 1.82) is 0 Å². The molecule has 1 aromatic carbocycles. The van der Waals surface area contributed by atoms with Crippen LogP contribution in [0.5, 0.6) is 0 Å². The number of carbonyl (C=O) groups excluding carboxylic acids is 2. The first-order chi connectivity index (χ1) is 11.0. The summed E-state index contributed by atoms with van der Waals surface area (Å²) in [5.41, 5.74) is 6.96. The molecule has 2 amide bonds. The van der Waals surface area contributed by atoms with Crippen LogP contribution in [0.25, 0.3) is 10.9 Å². The number of pyridine rings is 1. The van der Waals surface area contributed by atoms with Gasteiger partial charge in [0.1, 0.15) is 6.04 Å². The lowest BCUT2D eigenvalue weighted by Crippen LogP contribution is -2.45. The molecule has 1 heterocycles. The lowest BCUT2D eigenvalue weighted by Gasteiger charge is -2.16. The average Bonchev–Trinajstić information content (AvgIpc) is 2.52. The largest absolute Gasteiger partial charge is 0.481 e. The molecule has 0 fully saturated rings. The second kappa shape index (κ2) is 7.35. The molecule has 1 aromatic heterocycles. The number of benzene rings is 1. The zero-order chi connectivity index (χ0) is 16.8. The third kappa shape index (κ3) is 4.50. The summed E-state index contributed by atoms with van der Waals surface area (Å²) >= 11 is 0. The Kier molecular flexibility index (Phi) is 5.24. The maximum absolute atomic E-state index is 11.7. The number of carboxylic acids is 1. The minimum absolute atomic E-state index is 0.198. The normalized spacial score (nSPS) is 11.8. The molecule has 120 valence electrons. The molecule has 0 bridgehead atoms. The monoisotopic (exact) mass is 315 g/mol. The van der Waals surface area contributed by atoms with Gasteiger partial charge in [-0.25, -0.2) is 0 Å². The molecule has 1 atom stereocenters. The number of para-hydroxylation sites is 1. The van der Waals surface area contributed by atoms with E-state index < -0.39 is 23.8 Å². The predicted octanol–water partition coefficient (Wildman–Crippen LogP) is 0.612. The van der Waals surface area contributed by atoms with E-state index in [1.807, 2.05) is 24.3 Å². The summed E-state index contributed by atoms with van der Waals surface area (Å²) in [5.74, 6) is -2.26. The van der Waals surface area contributed by atoms with E-state index in [2.05, 4.69) is 10.3 Å². The fraction of sp³-hybridized carbons (Fsp3) is 0.250. The number of amides is 2. The second-order valence-corrected chi connectivity index (χ2v) is 5.11. The first-order valence-corrected chi connectivity index (χ1v) is 7.10. The number of primary amides is 1. The van der Waals surface area contributed by atoms with Crippen LogP contribution in [-0.4, -0.2) is 33.9 Å². The van der Waals surface area contributed by atoms with Crippen molar-refractivity contribution >= 4 is 28.7 Å². The molecule has 0 aliphatic rings. The molecular formula is C16H17N3O4. The van der Waals surface area contributed by atoms with Crippen molar-refractivity contribution in [2.24, 2.45) is 5.73 Å². The Bertz CT molecular complexity index is 740. The van der Waals surface area contributed by atoms with Gasteiger partial charge in [-0.3, -0.25) is 19.4 Å². The Morgan fingerprint density at radius 2 is 1.91 bits per heavy atom. The molecule has 2 aromatic rings. The Hall–Kier alpha value is -2.96.